The first kappa shape index (κ1) is 22.1. The molecule has 0 aliphatic heterocycles. The molecular weight excluding hydrogens is 476 g/mol. The van der Waals surface area contributed by atoms with E-state index in [2.05, 4.69) is 46.3 Å². The smallest absolute Gasteiger partial charge is 0.175 e. The Bertz CT molecular complexity index is 1440. The molecule has 0 saturated heterocycles. The van der Waals surface area contributed by atoms with Crippen LogP contribution in [0.15, 0.2) is 83.3 Å². The van der Waals surface area contributed by atoms with Gasteiger partial charge in [0.2, 0.25) is 0 Å². The minimum absolute atomic E-state index is 0.385. The van der Waals surface area contributed by atoms with Gasteiger partial charge >= 0.3 is 0 Å². The van der Waals surface area contributed by atoms with Crippen molar-refractivity contribution in [1.82, 2.24) is 0 Å². The second kappa shape index (κ2) is 10.0. The zero-order valence-electron chi connectivity index (χ0n) is 17.9. The van der Waals surface area contributed by atoms with E-state index in [1.807, 2.05) is 42.5 Å². The SMILES string of the molecule is COc1cc(/C=C(/C#N)c2cccc(C#N)c2)cc(Br)c1OCc1cccc2ccccc12. The highest BCUT2D eigenvalue weighted by Gasteiger charge is 2.13. The maximum Gasteiger partial charge on any atom is 0.175 e. The lowest BCUT2D eigenvalue weighted by Crippen LogP contribution is -2.00. The number of rotatable bonds is 6. The summed E-state index contributed by atoms with van der Waals surface area (Å²) in [7, 11) is 1.58. The van der Waals surface area contributed by atoms with Crippen molar-refractivity contribution in [2.24, 2.45) is 0 Å². The molecule has 4 rings (SSSR count). The molecule has 4 nitrogen and oxygen atoms in total. The molecule has 0 aliphatic carbocycles. The van der Waals surface area contributed by atoms with Gasteiger partial charge in [-0.3, -0.25) is 0 Å². The van der Waals surface area contributed by atoms with Crippen molar-refractivity contribution in [3.8, 4) is 23.6 Å². The summed E-state index contributed by atoms with van der Waals surface area (Å²) in [6.45, 7) is 0.385. The summed E-state index contributed by atoms with van der Waals surface area (Å²) in [5.41, 5.74) is 3.49. The Morgan fingerprint density at radius 2 is 1.76 bits per heavy atom. The van der Waals surface area contributed by atoms with Crippen LogP contribution in [0.3, 0.4) is 0 Å². The molecule has 0 saturated carbocycles. The quantitative estimate of drug-likeness (QED) is 0.211. The third-order valence-electron chi connectivity index (χ3n) is 5.24. The molecule has 0 atom stereocenters. The van der Waals surface area contributed by atoms with Crippen LogP contribution in [0.25, 0.3) is 22.4 Å². The Kier molecular flexibility index (Phi) is 6.74. The zero-order valence-corrected chi connectivity index (χ0v) is 19.5. The molecule has 33 heavy (non-hydrogen) atoms. The second-order valence-corrected chi connectivity index (χ2v) is 8.18. The van der Waals surface area contributed by atoms with Gasteiger partial charge in [0.1, 0.15) is 6.61 Å². The predicted molar refractivity (Wildman–Crippen MR) is 134 cm³/mol. The van der Waals surface area contributed by atoms with Gasteiger partial charge in [0.25, 0.3) is 0 Å². The van der Waals surface area contributed by atoms with Gasteiger partial charge < -0.3 is 9.47 Å². The van der Waals surface area contributed by atoms with Crippen LogP contribution < -0.4 is 9.47 Å². The van der Waals surface area contributed by atoms with Crippen LogP contribution in [0, 0.1) is 22.7 Å². The van der Waals surface area contributed by atoms with Gasteiger partial charge in [0.05, 0.1) is 34.9 Å². The Hall–Kier alpha value is -4.06. The van der Waals surface area contributed by atoms with Crippen molar-refractivity contribution >= 4 is 38.4 Å². The number of nitrogens with zero attached hydrogens (tertiary/aromatic N) is 2. The minimum atomic E-state index is 0.385. The van der Waals surface area contributed by atoms with Crippen molar-refractivity contribution in [1.29, 1.82) is 10.5 Å². The van der Waals surface area contributed by atoms with Crippen LogP contribution >= 0.6 is 15.9 Å². The number of ether oxygens (including phenoxy) is 2. The van der Waals surface area contributed by atoms with Crippen molar-refractivity contribution in [3.05, 3.63) is 106 Å². The highest BCUT2D eigenvalue weighted by molar-refractivity contribution is 9.10. The van der Waals surface area contributed by atoms with Crippen LogP contribution in [-0.2, 0) is 6.61 Å². The maximum absolute atomic E-state index is 9.68. The standard InChI is InChI=1S/C28H19BrN2O2/c1-32-27-15-20(13-24(17-31)22-9-4-6-19(12-22)16-30)14-26(29)28(27)33-18-23-10-5-8-21-7-2-3-11-25(21)23/h2-15H,18H2,1H3/b24-13-. The van der Waals surface area contributed by atoms with Gasteiger partial charge in [-0.15, -0.1) is 0 Å². The van der Waals surface area contributed by atoms with Gasteiger partial charge in [0, 0.05) is 0 Å². The highest BCUT2D eigenvalue weighted by Crippen LogP contribution is 2.38. The van der Waals surface area contributed by atoms with Gasteiger partial charge in [-0.2, -0.15) is 10.5 Å². The third-order valence-corrected chi connectivity index (χ3v) is 5.83. The molecule has 0 aliphatic rings. The van der Waals surface area contributed by atoms with Crippen molar-refractivity contribution in [2.75, 3.05) is 7.11 Å². The number of fused-ring (bicyclic) bond motifs is 1. The molecule has 4 aromatic rings. The zero-order chi connectivity index (χ0) is 23.2. The summed E-state index contributed by atoms with van der Waals surface area (Å²) in [6.07, 6.45) is 1.76. The van der Waals surface area contributed by atoms with Gasteiger partial charge in [0.15, 0.2) is 11.5 Å². The van der Waals surface area contributed by atoms with Crippen LogP contribution in [-0.4, -0.2) is 7.11 Å². The van der Waals surface area contributed by atoms with E-state index in [0.717, 1.165) is 26.4 Å². The van der Waals surface area contributed by atoms with Gasteiger partial charge in [-0.25, -0.2) is 0 Å². The maximum atomic E-state index is 9.68. The first-order valence-electron chi connectivity index (χ1n) is 10.2. The molecular formula is C28H19BrN2O2. The highest BCUT2D eigenvalue weighted by atomic mass is 79.9. The number of nitriles is 2. The van der Waals surface area contributed by atoms with Gasteiger partial charge in [-0.1, -0.05) is 54.6 Å². The fourth-order valence-corrected chi connectivity index (χ4v) is 4.21. The molecule has 0 spiro atoms. The van der Waals surface area contributed by atoms with E-state index in [0.29, 0.717) is 34.8 Å². The molecule has 0 heterocycles. The first-order valence-corrected chi connectivity index (χ1v) is 11.0. The summed E-state index contributed by atoms with van der Waals surface area (Å²) in [4.78, 5) is 0. The molecule has 4 aromatic carbocycles. The first-order chi connectivity index (χ1) is 16.1. The number of hydrogen-bond donors (Lipinski definition) is 0. The molecule has 0 unspecified atom stereocenters. The number of benzene rings is 4. The van der Waals surface area contributed by atoms with Crippen LogP contribution in [0.4, 0.5) is 0 Å². The number of methoxy groups -OCH3 is 1. The van der Waals surface area contributed by atoms with E-state index in [9.17, 15) is 5.26 Å². The molecule has 5 heteroatoms. The molecule has 0 radical (unpaired) electrons. The van der Waals surface area contributed by atoms with Crippen LogP contribution in [0.2, 0.25) is 0 Å². The lowest BCUT2D eigenvalue weighted by Gasteiger charge is -2.15. The fourth-order valence-electron chi connectivity index (χ4n) is 3.63. The summed E-state index contributed by atoms with van der Waals surface area (Å²) < 4.78 is 12.5. The summed E-state index contributed by atoms with van der Waals surface area (Å²) in [5.74, 6) is 1.14. The van der Waals surface area contributed by atoms with Crippen molar-refractivity contribution < 1.29 is 9.47 Å². The average molecular weight is 495 g/mol. The van der Waals surface area contributed by atoms with Crippen molar-refractivity contribution in [2.45, 2.75) is 6.61 Å². The van der Waals surface area contributed by atoms with Gasteiger partial charge in [-0.05, 0) is 73.7 Å². The minimum Gasteiger partial charge on any atom is -0.493 e. The fraction of sp³-hybridized carbons (Fsp3) is 0.0714. The normalized spacial score (nSPS) is 11.0. The molecule has 0 fully saturated rings. The molecule has 0 N–H and O–H groups in total. The topological polar surface area (TPSA) is 66.0 Å². The Labute approximate surface area is 201 Å². The number of hydrogen-bond acceptors (Lipinski definition) is 4. The van der Waals surface area contributed by atoms with Crippen LogP contribution in [0.1, 0.15) is 22.3 Å². The Morgan fingerprint density at radius 1 is 0.970 bits per heavy atom. The van der Waals surface area contributed by atoms with E-state index in [-0.39, 0.29) is 0 Å². The molecule has 0 aromatic heterocycles. The predicted octanol–water partition coefficient (Wildman–Crippen LogP) is 7.13. The largest absolute Gasteiger partial charge is 0.493 e. The average Bonchev–Trinajstić information content (AvgIpc) is 2.86. The summed E-state index contributed by atoms with van der Waals surface area (Å²) >= 11 is 3.59. The Morgan fingerprint density at radius 3 is 2.55 bits per heavy atom. The molecule has 0 amide bonds. The van der Waals surface area contributed by atoms with E-state index >= 15 is 0 Å². The second-order valence-electron chi connectivity index (χ2n) is 7.32. The summed E-state index contributed by atoms with van der Waals surface area (Å²) in [6, 6.07) is 29.4. The van der Waals surface area contributed by atoms with E-state index < -0.39 is 0 Å². The lowest BCUT2D eigenvalue weighted by molar-refractivity contribution is 0.283. The Balaban J connectivity index is 1.65. The van der Waals surface area contributed by atoms with E-state index in [1.54, 1.807) is 31.4 Å². The van der Waals surface area contributed by atoms with E-state index in [1.165, 1.54) is 0 Å². The lowest BCUT2D eigenvalue weighted by atomic mass is 10.0. The molecule has 160 valence electrons. The number of halogens is 1. The summed E-state index contributed by atoms with van der Waals surface area (Å²) in [5, 5.41) is 21.1. The monoisotopic (exact) mass is 494 g/mol. The molecule has 0 bridgehead atoms. The van der Waals surface area contributed by atoms with Crippen LogP contribution in [0.5, 0.6) is 11.5 Å². The van der Waals surface area contributed by atoms with Crippen molar-refractivity contribution in [3.63, 3.8) is 0 Å². The third kappa shape index (κ3) is 4.90. The number of allylic oxidation sites excluding steroid dienone is 1. The van der Waals surface area contributed by atoms with E-state index in [4.69, 9.17) is 14.7 Å².